The molecule has 2 aliphatic carbocycles. The lowest BCUT2D eigenvalue weighted by Gasteiger charge is -2.19. The third-order valence-electron chi connectivity index (χ3n) is 4.39. The maximum atomic E-state index is 6.22. The summed E-state index contributed by atoms with van der Waals surface area (Å²) in [6, 6.07) is 0. The molecule has 3 radical (unpaired) electrons. The first-order valence-electron chi connectivity index (χ1n) is 9.60. The van der Waals surface area contributed by atoms with Crippen LogP contribution in [0.1, 0.15) is 41.0 Å². The van der Waals surface area contributed by atoms with E-state index < -0.39 is 0 Å². The molecule has 27 heavy (non-hydrogen) atoms. The van der Waals surface area contributed by atoms with Crippen molar-refractivity contribution in [1.82, 2.24) is 14.5 Å². The Labute approximate surface area is 164 Å². The van der Waals surface area contributed by atoms with Gasteiger partial charge in [0, 0.05) is 27.1 Å². The van der Waals surface area contributed by atoms with E-state index in [2.05, 4.69) is 47.3 Å². The highest BCUT2D eigenvalue weighted by Crippen LogP contribution is 2.39. The highest BCUT2D eigenvalue weighted by atomic mass is 16.5. The van der Waals surface area contributed by atoms with Gasteiger partial charge >= 0.3 is 0 Å². The SMILES string of the molecule is CC.CC.CCn1cc(OC2=CCC3C=CC=CC23)c2c(N)ncnc21.[B]. The zero-order valence-corrected chi connectivity index (χ0v) is 17.0. The summed E-state index contributed by atoms with van der Waals surface area (Å²) in [5, 5.41) is 0.795. The van der Waals surface area contributed by atoms with E-state index in [1.807, 2.05) is 38.5 Å². The molecule has 6 heteroatoms. The van der Waals surface area contributed by atoms with Crippen molar-refractivity contribution in [3.63, 3.8) is 0 Å². The number of hydrogen-bond acceptors (Lipinski definition) is 4. The molecule has 2 aromatic rings. The maximum Gasteiger partial charge on any atom is 0.157 e. The van der Waals surface area contributed by atoms with Gasteiger partial charge in [-0.05, 0) is 25.3 Å². The van der Waals surface area contributed by atoms with Crippen molar-refractivity contribution >= 4 is 25.3 Å². The molecule has 0 fully saturated rings. The fraction of sp³-hybridized carbons (Fsp3) is 0.429. The Balaban J connectivity index is 0.000000686. The normalized spacial score (nSPS) is 19.1. The van der Waals surface area contributed by atoms with Gasteiger partial charge in [-0.15, -0.1) is 0 Å². The Morgan fingerprint density at radius 1 is 1.15 bits per heavy atom. The largest absolute Gasteiger partial charge is 0.459 e. The van der Waals surface area contributed by atoms with Gasteiger partial charge in [-0.25, -0.2) is 9.97 Å². The first-order chi connectivity index (χ1) is 12.8. The first kappa shape index (κ1) is 22.5. The van der Waals surface area contributed by atoms with E-state index in [9.17, 15) is 0 Å². The highest BCUT2D eigenvalue weighted by molar-refractivity contribution is 5.92. The lowest BCUT2D eigenvalue weighted by atomic mass is 9.91. The first-order valence-corrected chi connectivity index (χ1v) is 9.60. The lowest BCUT2D eigenvalue weighted by molar-refractivity contribution is 0.364. The third kappa shape index (κ3) is 4.44. The second kappa shape index (κ2) is 10.6. The molecule has 2 aromatic heterocycles. The summed E-state index contributed by atoms with van der Waals surface area (Å²) >= 11 is 0. The monoisotopic (exact) mass is 365 g/mol. The van der Waals surface area contributed by atoms with Crippen LogP contribution in [0.4, 0.5) is 5.82 Å². The topological polar surface area (TPSA) is 66.0 Å². The number of nitrogens with zero attached hydrogens (tertiary/aromatic N) is 3. The van der Waals surface area contributed by atoms with Crippen molar-refractivity contribution < 1.29 is 4.74 Å². The van der Waals surface area contributed by atoms with Crippen LogP contribution < -0.4 is 10.5 Å². The van der Waals surface area contributed by atoms with Crippen molar-refractivity contribution in [3.8, 4) is 5.75 Å². The van der Waals surface area contributed by atoms with E-state index in [0.29, 0.717) is 17.7 Å². The van der Waals surface area contributed by atoms with Gasteiger partial charge in [0.2, 0.25) is 0 Å². The Bertz CT molecular complexity index is 823. The number of ether oxygens (including phenoxy) is 1. The van der Waals surface area contributed by atoms with E-state index in [1.165, 1.54) is 6.33 Å². The molecule has 143 valence electrons. The summed E-state index contributed by atoms with van der Waals surface area (Å²) in [6.07, 6.45) is 15.3. The van der Waals surface area contributed by atoms with E-state index in [-0.39, 0.29) is 8.41 Å². The second-order valence-electron chi connectivity index (χ2n) is 5.64. The fourth-order valence-electron chi connectivity index (χ4n) is 3.24. The molecule has 4 rings (SSSR count). The fourth-order valence-corrected chi connectivity index (χ4v) is 3.24. The van der Waals surface area contributed by atoms with Gasteiger partial charge in [0.05, 0.1) is 0 Å². The predicted molar refractivity (Wildman–Crippen MR) is 115 cm³/mol. The van der Waals surface area contributed by atoms with Crippen molar-refractivity contribution in [2.45, 2.75) is 47.6 Å². The van der Waals surface area contributed by atoms with Crippen LogP contribution >= 0.6 is 0 Å². The summed E-state index contributed by atoms with van der Waals surface area (Å²) < 4.78 is 8.25. The Hall–Kier alpha value is -2.50. The predicted octanol–water partition coefficient (Wildman–Crippen LogP) is 4.73. The van der Waals surface area contributed by atoms with E-state index >= 15 is 0 Å². The second-order valence-corrected chi connectivity index (χ2v) is 5.64. The average molecular weight is 365 g/mol. The highest BCUT2D eigenvalue weighted by Gasteiger charge is 2.29. The minimum atomic E-state index is 0. The van der Waals surface area contributed by atoms with Crippen molar-refractivity contribution in [1.29, 1.82) is 0 Å². The number of rotatable bonds is 3. The Morgan fingerprint density at radius 2 is 1.85 bits per heavy atom. The lowest BCUT2D eigenvalue weighted by Crippen LogP contribution is -2.12. The van der Waals surface area contributed by atoms with Gasteiger partial charge < -0.3 is 15.0 Å². The van der Waals surface area contributed by atoms with Crippen molar-refractivity contribution in [2.75, 3.05) is 5.73 Å². The number of aromatic nitrogens is 3. The summed E-state index contributed by atoms with van der Waals surface area (Å²) in [4.78, 5) is 8.44. The average Bonchev–Trinajstić information content (AvgIpc) is 3.28. The molecule has 0 saturated heterocycles. The van der Waals surface area contributed by atoms with Crippen LogP contribution in [0.3, 0.4) is 0 Å². The quantitative estimate of drug-likeness (QED) is 0.799. The van der Waals surface area contributed by atoms with Crippen LogP contribution in [0.2, 0.25) is 0 Å². The molecule has 2 aliphatic rings. The summed E-state index contributed by atoms with van der Waals surface area (Å²) in [7, 11) is 0. The van der Waals surface area contributed by atoms with Crippen LogP contribution in [0.5, 0.6) is 5.75 Å². The zero-order valence-electron chi connectivity index (χ0n) is 17.0. The zero-order chi connectivity index (χ0) is 19.1. The number of allylic oxidation sites excluding steroid dienone is 5. The van der Waals surface area contributed by atoms with Crippen LogP contribution in [0.25, 0.3) is 11.0 Å². The molecule has 2 unspecified atom stereocenters. The number of nitrogens with two attached hydrogens (primary N) is 1. The van der Waals surface area contributed by atoms with Crippen molar-refractivity contribution in [3.05, 3.63) is 48.7 Å². The number of nitrogen functional groups attached to an aromatic ring is 1. The van der Waals surface area contributed by atoms with Gasteiger partial charge in [0.25, 0.3) is 0 Å². The van der Waals surface area contributed by atoms with E-state index in [4.69, 9.17) is 10.5 Å². The van der Waals surface area contributed by atoms with Gasteiger partial charge in [-0.2, -0.15) is 0 Å². The molecule has 2 N–H and O–H groups in total. The number of fused-ring (bicyclic) bond motifs is 2. The smallest absolute Gasteiger partial charge is 0.157 e. The molecular formula is C21H30BN4O. The van der Waals surface area contributed by atoms with Gasteiger partial charge in [-0.1, -0.05) is 52.0 Å². The Morgan fingerprint density at radius 3 is 2.56 bits per heavy atom. The molecule has 0 aliphatic heterocycles. The van der Waals surface area contributed by atoms with Crippen LogP contribution in [-0.2, 0) is 6.54 Å². The van der Waals surface area contributed by atoms with E-state index in [0.717, 1.165) is 35.5 Å². The molecule has 5 nitrogen and oxygen atoms in total. The van der Waals surface area contributed by atoms with Gasteiger partial charge in [-0.3, -0.25) is 0 Å². The molecular weight excluding hydrogens is 335 g/mol. The third-order valence-corrected chi connectivity index (χ3v) is 4.39. The summed E-state index contributed by atoms with van der Waals surface area (Å²) in [5.74, 6) is 3.01. The van der Waals surface area contributed by atoms with E-state index in [1.54, 1.807) is 0 Å². The molecule has 0 saturated carbocycles. The number of anilines is 1. The molecule has 0 bridgehead atoms. The van der Waals surface area contributed by atoms with Crippen LogP contribution in [-0.4, -0.2) is 22.9 Å². The Kier molecular flexibility index (Phi) is 8.86. The van der Waals surface area contributed by atoms with Crippen LogP contribution in [0.15, 0.2) is 48.7 Å². The number of aryl methyl sites for hydroxylation is 1. The van der Waals surface area contributed by atoms with Crippen molar-refractivity contribution in [2.24, 2.45) is 11.8 Å². The molecule has 2 heterocycles. The standard InChI is InChI=1S/C17H18N4O.2C2H6.B/c1-2-21-9-14(15-16(18)19-10-20-17(15)21)22-13-8-7-11-5-3-4-6-12(11)13;2*1-2;/h3-6,8-12H,2,7H2,1H3,(H2,18,19,20);2*1-2H3;. The molecule has 0 amide bonds. The molecule has 0 spiro atoms. The number of hydrogen-bond donors (Lipinski definition) is 1. The summed E-state index contributed by atoms with van der Waals surface area (Å²) in [6.45, 7) is 10.9. The van der Waals surface area contributed by atoms with Gasteiger partial charge in [0.15, 0.2) is 5.75 Å². The molecule has 2 atom stereocenters. The summed E-state index contributed by atoms with van der Waals surface area (Å²) in [5.41, 5.74) is 6.86. The van der Waals surface area contributed by atoms with Gasteiger partial charge in [0.1, 0.15) is 28.9 Å². The van der Waals surface area contributed by atoms with Crippen LogP contribution in [0, 0.1) is 11.8 Å². The minimum absolute atomic E-state index is 0. The maximum absolute atomic E-state index is 6.22. The minimum Gasteiger partial charge on any atom is -0.459 e. The molecule has 0 aromatic carbocycles.